The van der Waals surface area contributed by atoms with E-state index in [4.69, 9.17) is 4.74 Å². The summed E-state index contributed by atoms with van der Waals surface area (Å²) in [5.74, 6) is -1.48. The van der Waals surface area contributed by atoms with Gasteiger partial charge < -0.3 is 9.84 Å². The maximum absolute atomic E-state index is 11.6. The molecule has 1 heterocycles. The molecule has 0 aromatic heterocycles. The number of ether oxygens (including phenoxy) is 1. The molecule has 1 aliphatic heterocycles. The van der Waals surface area contributed by atoms with E-state index in [1.165, 1.54) is 21.0 Å². The van der Waals surface area contributed by atoms with E-state index in [9.17, 15) is 19.5 Å². The first-order chi connectivity index (χ1) is 7.19. The summed E-state index contributed by atoms with van der Waals surface area (Å²) in [6, 6.07) is -0.636. The lowest BCUT2D eigenvalue weighted by Gasteiger charge is -2.43. The first-order valence-corrected chi connectivity index (χ1v) is 4.64. The molecule has 0 aromatic rings. The van der Waals surface area contributed by atoms with Gasteiger partial charge in [0.1, 0.15) is 0 Å². The average molecular weight is 230 g/mol. The van der Waals surface area contributed by atoms with Crippen LogP contribution >= 0.6 is 0 Å². The Morgan fingerprint density at radius 3 is 2.38 bits per heavy atom. The van der Waals surface area contributed by atoms with Crippen LogP contribution in [0.1, 0.15) is 13.8 Å². The van der Waals surface area contributed by atoms with Crippen LogP contribution in [0.5, 0.6) is 0 Å². The molecule has 1 unspecified atom stereocenters. The van der Waals surface area contributed by atoms with Crippen molar-refractivity contribution in [3.8, 4) is 0 Å². The Balaban J connectivity index is 3.09. The molecule has 16 heavy (non-hydrogen) atoms. The second-order valence-electron chi connectivity index (χ2n) is 3.87. The van der Waals surface area contributed by atoms with Crippen LogP contribution in [0.3, 0.4) is 0 Å². The summed E-state index contributed by atoms with van der Waals surface area (Å²) in [6.45, 7) is 2.33. The Bertz CT molecular complexity index is 352. The molecule has 2 atom stereocenters. The summed E-state index contributed by atoms with van der Waals surface area (Å²) < 4.78 is 4.78. The van der Waals surface area contributed by atoms with Gasteiger partial charge in [-0.25, -0.2) is 4.79 Å². The van der Waals surface area contributed by atoms with Gasteiger partial charge in [0.25, 0.3) is 5.91 Å². The highest BCUT2D eigenvalue weighted by Gasteiger charge is 2.53. The van der Waals surface area contributed by atoms with Crippen molar-refractivity contribution in [1.29, 1.82) is 0 Å². The number of amides is 3. The maximum atomic E-state index is 11.6. The summed E-state index contributed by atoms with van der Waals surface area (Å²) >= 11 is 0. The van der Waals surface area contributed by atoms with Gasteiger partial charge in [-0.15, -0.1) is 0 Å². The van der Waals surface area contributed by atoms with Gasteiger partial charge in [-0.2, -0.15) is 0 Å². The van der Waals surface area contributed by atoms with Gasteiger partial charge in [-0.3, -0.25) is 19.4 Å². The van der Waals surface area contributed by atoms with E-state index in [0.717, 1.165) is 16.7 Å². The van der Waals surface area contributed by atoms with Gasteiger partial charge in [0.05, 0.1) is 0 Å². The molecule has 0 spiro atoms. The van der Waals surface area contributed by atoms with Crippen LogP contribution in [0, 0.1) is 0 Å². The lowest BCUT2D eigenvalue weighted by Crippen LogP contribution is -2.68. The van der Waals surface area contributed by atoms with Gasteiger partial charge in [0.15, 0.2) is 5.60 Å². The molecule has 0 radical (unpaired) electrons. The number of carbonyl (C=O) groups is 3. The van der Waals surface area contributed by atoms with Gasteiger partial charge in [0.2, 0.25) is 6.23 Å². The second kappa shape index (κ2) is 3.75. The van der Waals surface area contributed by atoms with E-state index in [-0.39, 0.29) is 0 Å². The van der Waals surface area contributed by atoms with Gasteiger partial charge in [0, 0.05) is 21.0 Å². The van der Waals surface area contributed by atoms with Crippen molar-refractivity contribution in [1.82, 2.24) is 9.80 Å². The predicted molar refractivity (Wildman–Crippen MR) is 52.1 cm³/mol. The van der Waals surface area contributed by atoms with Gasteiger partial charge in [-0.05, 0) is 6.92 Å². The molecule has 1 saturated heterocycles. The normalized spacial score (nSPS) is 30.7. The molecule has 90 valence electrons. The lowest BCUT2D eigenvalue weighted by atomic mass is 10.00. The van der Waals surface area contributed by atoms with Crippen LogP contribution in [-0.4, -0.2) is 58.7 Å². The quantitative estimate of drug-likeness (QED) is 0.593. The molecule has 1 aliphatic rings. The lowest BCUT2D eigenvalue weighted by molar-refractivity contribution is -0.196. The molecule has 1 fully saturated rings. The van der Waals surface area contributed by atoms with Gasteiger partial charge in [-0.1, -0.05) is 0 Å². The summed E-state index contributed by atoms with van der Waals surface area (Å²) in [5.41, 5.74) is -1.94. The fraction of sp³-hybridized carbons (Fsp3) is 0.667. The van der Waals surface area contributed by atoms with Crippen molar-refractivity contribution < 1.29 is 24.2 Å². The number of hydrogen-bond acceptors (Lipinski definition) is 5. The van der Waals surface area contributed by atoms with E-state index in [1.807, 2.05) is 0 Å². The number of rotatable bonds is 1. The largest absolute Gasteiger partial charge is 0.438 e. The molecule has 0 aromatic carbocycles. The van der Waals surface area contributed by atoms with Crippen LogP contribution in [0.15, 0.2) is 0 Å². The summed E-state index contributed by atoms with van der Waals surface area (Å²) in [7, 11) is 2.59. The van der Waals surface area contributed by atoms with Crippen molar-refractivity contribution in [2.45, 2.75) is 25.7 Å². The number of urea groups is 1. The van der Waals surface area contributed by atoms with Crippen LogP contribution in [0.25, 0.3) is 0 Å². The van der Waals surface area contributed by atoms with Crippen molar-refractivity contribution >= 4 is 17.9 Å². The zero-order valence-electron chi connectivity index (χ0n) is 9.55. The molecular formula is C9H14N2O5. The smallest absolute Gasteiger partial charge is 0.329 e. The minimum Gasteiger partial charge on any atom is -0.438 e. The second-order valence-corrected chi connectivity index (χ2v) is 3.87. The van der Waals surface area contributed by atoms with E-state index in [2.05, 4.69) is 0 Å². The number of aliphatic hydroxyl groups is 1. The highest BCUT2D eigenvalue weighted by atomic mass is 16.6. The van der Waals surface area contributed by atoms with Crippen molar-refractivity contribution in [3.05, 3.63) is 0 Å². The minimum absolute atomic E-state index is 0.636. The summed E-state index contributed by atoms with van der Waals surface area (Å²) in [6.07, 6.45) is -1.30. The Morgan fingerprint density at radius 1 is 1.44 bits per heavy atom. The zero-order valence-corrected chi connectivity index (χ0v) is 9.55. The number of nitrogens with zero attached hydrogens (tertiary/aromatic N) is 2. The Morgan fingerprint density at radius 2 is 1.94 bits per heavy atom. The third-order valence-corrected chi connectivity index (χ3v) is 2.44. The fourth-order valence-electron chi connectivity index (χ4n) is 1.60. The van der Waals surface area contributed by atoms with Crippen molar-refractivity contribution in [2.75, 3.05) is 14.1 Å². The van der Waals surface area contributed by atoms with Crippen LogP contribution in [0.4, 0.5) is 4.79 Å². The number of esters is 1. The number of carbonyl (C=O) groups excluding carboxylic acids is 3. The van der Waals surface area contributed by atoms with Crippen molar-refractivity contribution in [3.63, 3.8) is 0 Å². The highest BCUT2D eigenvalue weighted by molar-refractivity contribution is 6.01. The van der Waals surface area contributed by atoms with E-state index < -0.39 is 29.7 Å². The standard InChI is InChI=1S/C9H14N2O5/c1-5(12)16-7-9(2,15)6(13)10(3)8(14)11(7)4/h7,15H,1-4H3/t7-,9?/m1/s1. The topological polar surface area (TPSA) is 87.2 Å². The summed E-state index contributed by atoms with van der Waals surface area (Å²) in [4.78, 5) is 35.8. The molecule has 7 heteroatoms. The van der Waals surface area contributed by atoms with E-state index >= 15 is 0 Å². The third kappa shape index (κ3) is 1.73. The first kappa shape index (κ1) is 12.4. The fourth-order valence-corrected chi connectivity index (χ4v) is 1.60. The van der Waals surface area contributed by atoms with Crippen LogP contribution in [0.2, 0.25) is 0 Å². The van der Waals surface area contributed by atoms with Gasteiger partial charge >= 0.3 is 12.0 Å². The molecule has 1 N–H and O–H groups in total. The molecular weight excluding hydrogens is 216 g/mol. The molecule has 0 bridgehead atoms. The zero-order chi connectivity index (χ0) is 12.7. The molecule has 1 rings (SSSR count). The number of imide groups is 1. The number of likely N-dealkylation sites (N-methyl/N-ethyl adjacent to an activating group) is 2. The van der Waals surface area contributed by atoms with E-state index in [0.29, 0.717) is 0 Å². The highest BCUT2D eigenvalue weighted by Crippen LogP contribution is 2.25. The number of hydrogen-bond donors (Lipinski definition) is 1. The Labute approximate surface area is 92.6 Å². The molecule has 0 saturated carbocycles. The van der Waals surface area contributed by atoms with Crippen LogP contribution in [-0.2, 0) is 14.3 Å². The van der Waals surface area contributed by atoms with E-state index in [1.54, 1.807) is 0 Å². The predicted octanol–water partition coefficient (Wildman–Crippen LogP) is -0.850. The molecule has 3 amide bonds. The molecule has 7 nitrogen and oxygen atoms in total. The molecule has 0 aliphatic carbocycles. The maximum Gasteiger partial charge on any atom is 0.329 e. The Kier molecular flexibility index (Phi) is 2.91. The summed E-state index contributed by atoms with van der Waals surface area (Å²) in [5, 5.41) is 9.95. The SMILES string of the molecule is CC(=O)O[C@H]1N(C)C(=O)N(C)C(=O)C1(C)O. The minimum atomic E-state index is -1.94. The average Bonchev–Trinajstić information content (AvgIpc) is 2.19. The van der Waals surface area contributed by atoms with Crippen molar-refractivity contribution in [2.24, 2.45) is 0 Å². The Hall–Kier alpha value is -1.63. The first-order valence-electron chi connectivity index (χ1n) is 4.64. The monoisotopic (exact) mass is 230 g/mol. The third-order valence-electron chi connectivity index (χ3n) is 2.44. The van der Waals surface area contributed by atoms with Crippen LogP contribution < -0.4 is 0 Å².